The molecule has 4 aromatic carbocycles. The molecule has 4 aromatic rings. The van der Waals surface area contributed by atoms with Gasteiger partial charge in [-0.3, -0.25) is 14.4 Å². The molecule has 78 heavy (non-hydrogen) atoms. The first-order valence-electron chi connectivity index (χ1n) is 26.0. The minimum atomic E-state index is -2.11. The Balaban J connectivity index is 1.26. The van der Waals surface area contributed by atoms with Crippen LogP contribution in [0.1, 0.15) is 70.0 Å². The molecule has 0 unspecified atom stereocenters. The fourth-order valence-electron chi connectivity index (χ4n) is 9.73. The summed E-state index contributed by atoms with van der Waals surface area (Å²) < 4.78 is 59.4. The Hall–Kier alpha value is -7.23. The van der Waals surface area contributed by atoms with E-state index in [1.165, 1.54) is 53.2 Å². The number of hydrogen-bond acceptors (Lipinski definition) is 19. The molecule has 5 bridgehead atoms. The maximum Gasteiger partial charge on any atom is 0.312 e. The van der Waals surface area contributed by atoms with E-state index in [0.717, 1.165) is 0 Å². The number of phenolic OH excluding ortho intramolecular Hbond substituents is 3. The van der Waals surface area contributed by atoms with Gasteiger partial charge in [-0.05, 0) is 44.2 Å². The number of fused-ring (bicyclic) bond motifs is 16. The molecule has 0 aliphatic carbocycles. The van der Waals surface area contributed by atoms with E-state index in [1.54, 1.807) is 58.0 Å². The zero-order valence-electron chi connectivity index (χ0n) is 45.5. The number of nitrogens with one attached hydrogen (secondary N) is 2. The number of carbonyl (C=O) groups excluding carboxylic acids is 3. The van der Waals surface area contributed by atoms with E-state index in [1.807, 2.05) is 24.3 Å². The summed E-state index contributed by atoms with van der Waals surface area (Å²) in [6, 6.07) is 12.4. The molecule has 9 atom stereocenters. The highest BCUT2D eigenvalue weighted by Crippen LogP contribution is 2.55. The van der Waals surface area contributed by atoms with Gasteiger partial charge in [-0.1, -0.05) is 58.1 Å². The number of aliphatic hydroxyl groups excluding tert-OH is 2. The summed E-state index contributed by atoms with van der Waals surface area (Å²) in [6.45, 7) is 14.0. The molecule has 0 saturated heterocycles. The van der Waals surface area contributed by atoms with Crippen molar-refractivity contribution in [3.63, 3.8) is 0 Å². The van der Waals surface area contributed by atoms with Gasteiger partial charge in [-0.15, -0.1) is 0 Å². The Kier molecular flexibility index (Phi) is 19.4. The zero-order valence-corrected chi connectivity index (χ0v) is 45.5. The molecule has 0 spiro atoms. The largest absolute Gasteiger partial charge is 0.507 e. The molecule has 7 N–H and O–H groups in total. The fraction of sp³-hybridized carbons (Fsp3) is 0.466. The summed E-state index contributed by atoms with van der Waals surface area (Å²) in [6.07, 6.45) is 3.37. The number of aromatic hydroxyl groups is 3. The molecule has 0 fully saturated rings. The topological polar surface area (TPSA) is 269 Å². The Labute approximate surface area is 453 Å². The number of rotatable bonds is 5. The van der Waals surface area contributed by atoms with Gasteiger partial charge in [0.1, 0.15) is 49.8 Å². The van der Waals surface area contributed by atoms with Crippen molar-refractivity contribution in [2.75, 3.05) is 70.6 Å². The van der Waals surface area contributed by atoms with Gasteiger partial charge in [-0.25, -0.2) is 0 Å². The quantitative estimate of drug-likeness (QED) is 0.0575. The number of phenols is 3. The van der Waals surface area contributed by atoms with Gasteiger partial charge in [0, 0.05) is 85.0 Å². The number of anilines is 2. The Morgan fingerprint density at radius 3 is 1.96 bits per heavy atom. The molecule has 1 amide bonds. The third-order valence-corrected chi connectivity index (χ3v) is 14.3. The maximum atomic E-state index is 14.8. The van der Waals surface area contributed by atoms with Crippen LogP contribution in [0.15, 0.2) is 78.6 Å². The van der Waals surface area contributed by atoms with E-state index in [4.69, 9.17) is 47.4 Å². The third kappa shape index (κ3) is 13.0. The summed E-state index contributed by atoms with van der Waals surface area (Å²) in [4.78, 5) is 41.4. The first kappa shape index (κ1) is 58.5. The average molecular weight is 1090 g/mol. The summed E-state index contributed by atoms with van der Waals surface area (Å²) in [7, 11) is 1.43. The van der Waals surface area contributed by atoms with Crippen LogP contribution in [-0.4, -0.2) is 133 Å². The molecule has 4 aliphatic heterocycles. The Morgan fingerprint density at radius 1 is 0.756 bits per heavy atom. The van der Waals surface area contributed by atoms with Crippen molar-refractivity contribution in [1.29, 1.82) is 0 Å². The van der Waals surface area contributed by atoms with Crippen molar-refractivity contribution in [3.05, 3.63) is 95.3 Å². The number of ketones is 1. The maximum absolute atomic E-state index is 14.8. The van der Waals surface area contributed by atoms with Crippen LogP contribution >= 0.6 is 0 Å². The second-order valence-corrected chi connectivity index (χ2v) is 19.8. The van der Waals surface area contributed by atoms with E-state index in [0.29, 0.717) is 35.3 Å². The van der Waals surface area contributed by atoms with Gasteiger partial charge >= 0.3 is 11.8 Å². The Morgan fingerprint density at radius 2 is 1.36 bits per heavy atom. The lowest BCUT2D eigenvalue weighted by molar-refractivity contribution is -0.160. The van der Waals surface area contributed by atoms with Crippen LogP contribution in [0.3, 0.4) is 0 Å². The number of ether oxygens (including phenoxy) is 10. The van der Waals surface area contributed by atoms with E-state index < -0.39 is 88.8 Å². The number of allylic oxidation sites excluding steroid dienone is 2. The fourth-order valence-corrected chi connectivity index (χ4v) is 9.73. The van der Waals surface area contributed by atoms with Gasteiger partial charge in [0.25, 0.3) is 11.7 Å². The zero-order chi connectivity index (χ0) is 56.4. The standard InChI is InChI=1S/C58H72N2O18/c1-31-13-12-14-32(2)57(68)60-48-39(30-59-38-17-18-43-44(29-38)75-28-24-71-22-26-73-42-16-11-10-15-41(42)72-25-21-70-23-27-74-43)52(65)45-46(53(48)66)51(64)36(6)55-47(45)56(67)58(8,78-55)76-20-19-40(69-9)33(3)54(77-37(7)61)35(5)50(63)34(4)49(31)62/h10-20,29,31,33-35,40,49-50,54,59,62-66H,21-28,30H2,1-9H3,(H,60,68)/b13-12+,20-19+,32-14-/t31-,33+,34+,35+,40-,49-,50+,54+,58-/m0/s1. The number of amides is 1. The summed E-state index contributed by atoms with van der Waals surface area (Å²) >= 11 is 0. The van der Waals surface area contributed by atoms with E-state index >= 15 is 0 Å². The van der Waals surface area contributed by atoms with Crippen LogP contribution < -0.4 is 34.3 Å². The van der Waals surface area contributed by atoms with Crippen LogP contribution in [-0.2, 0) is 39.8 Å². The molecule has 4 aliphatic rings. The monoisotopic (exact) mass is 1080 g/mol. The SMILES string of the molecule is CO[C@H]1/C=C/O[C@@]2(C)Oc3c(C)c(O)c4c(O)c(c(CNc5ccc6c(c5)OCCOCCOc5ccccc5OCCOCCO6)c(O)c4c3C2=O)NC(=O)/C(C)=C\C=C\[C@H](C)[C@H](O)[C@@H](C)[C@@H](O)[C@@H](C)[C@H](OC(C)=O)[C@@H]1C. The van der Waals surface area contributed by atoms with Gasteiger partial charge < -0.3 is 83.5 Å². The number of para-hydroxylation sites is 2. The predicted octanol–water partition coefficient (Wildman–Crippen LogP) is 7.63. The molecule has 0 aromatic heterocycles. The van der Waals surface area contributed by atoms with Crippen LogP contribution in [0, 0.1) is 30.6 Å². The molecule has 4 heterocycles. The minimum absolute atomic E-state index is 0.0199. The third-order valence-electron chi connectivity index (χ3n) is 14.3. The van der Waals surface area contributed by atoms with E-state index in [-0.39, 0.29) is 97.3 Å². The molecular weight excluding hydrogens is 1010 g/mol. The molecule has 20 heteroatoms. The number of carbonyl (C=O) groups is 3. The second kappa shape index (κ2) is 25.9. The summed E-state index contributed by atoms with van der Waals surface area (Å²) in [5.74, 6) is -6.90. The second-order valence-electron chi connectivity index (χ2n) is 19.8. The first-order valence-corrected chi connectivity index (χ1v) is 26.0. The first-order chi connectivity index (χ1) is 37.3. The lowest BCUT2D eigenvalue weighted by Gasteiger charge is -2.38. The van der Waals surface area contributed by atoms with Crippen LogP contribution in [0.2, 0.25) is 0 Å². The van der Waals surface area contributed by atoms with Crippen molar-refractivity contribution in [2.24, 2.45) is 23.7 Å². The predicted molar refractivity (Wildman–Crippen MR) is 288 cm³/mol. The molecule has 20 nitrogen and oxygen atoms in total. The van der Waals surface area contributed by atoms with Crippen LogP contribution in [0.5, 0.6) is 46.0 Å². The van der Waals surface area contributed by atoms with Crippen molar-refractivity contribution in [1.82, 2.24) is 0 Å². The molecule has 0 radical (unpaired) electrons. The number of methoxy groups -OCH3 is 1. The van der Waals surface area contributed by atoms with E-state index in [9.17, 15) is 39.9 Å². The molecular formula is C58H72N2O18. The van der Waals surface area contributed by atoms with Gasteiger partial charge in [0.05, 0.1) is 67.6 Å². The minimum Gasteiger partial charge on any atom is -0.507 e. The highest BCUT2D eigenvalue weighted by Gasteiger charge is 2.50. The van der Waals surface area contributed by atoms with Gasteiger partial charge in [0.15, 0.2) is 28.7 Å². The number of benzene rings is 4. The van der Waals surface area contributed by atoms with Gasteiger partial charge in [-0.2, -0.15) is 0 Å². The smallest absolute Gasteiger partial charge is 0.312 e. The van der Waals surface area contributed by atoms with Crippen LogP contribution in [0.25, 0.3) is 10.8 Å². The highest BCUT2D eigenvalue weighted by molar-refractivity contribution is 6.22. The number of Topliss-reactive ketones (excluding diaryl/α,β-unsaturated/α-hetero) is 1. The average Bonchev–Trinajstić information content (AvgIpc) is 3.91. The van der Waals surface area contributed by atoms with Crippen molar-refractivity contribution >= 4 is 39.8 Å². The molecule has 0 saturated carbocycles. The van der Waals surface area contributed by atoms with Crippen molar-refractivity contribution < 1.29 is 87.3 Å². The number of aliphatic hydroxyl groups is 2. The molecule has 422 valence electrons. The van der Waals surface area contributed by atoms with E-state index in [2.05, 4.69) is 10.6 Å². The summed E-state index contributed by atoms with van der Waals surface area (Å²) in [5, 5.41) is 65.1. The van der Waals surface area contributed by atoms with Gasteiger partial charge in [0.2, 0.25) is 0 Å². The number of esters is 1. The Bertz CT molecular complexity index is 2900. The normalized spacial score (nSPS) is 27.4. The lowest BCUT2D eigenvalue weighted by atomic mass is 9.78. The van der Waals surface area contributed by atoms with Crippen molar-refractivity contribution in [3.8, 4) is 46.0 Å². The molecule has 8 rings (SSSR count). The number of hydrogen-bond donors (Lipinski definition) is 7. The van der Waals surface area contributed by atoms with Crippen molar-refractivity contribution in [2.45, 2.75) is 92.1 Å². The lowest BCUT2D eigenvalue weighted by Crippen LogP contribution is -2.46. The van der Waals surface area contributed by atoms with Crippen LogP contribution in [0.4, 0.5) is 11.4 Å². The highest BCUT2D eigenvalue weighted by atomic mass is 16.7. The summed E-state index contributed by atoms with van der Waals surface area (Å²) in [5.41, 5.74) is -0.00242.